The molecule has 7 aromatic rings. The average Bonchev–Trinajstić information content (AvgIpc) is 3.03. The quantitative estimate of drug-likeness (QED) is 0.163. The van der Waals surface area contributed by atoms with Crippen molar-refractivity contribution in [2.75, 3.05) is 0 Å². The Morgan fingerprint density at radius 1 is 0.260 bits per heavy atom. The van der Waals surface area contributed by atoms with Gasteiger partial charge in [0.15, 0.2) is 0 Å². The van der Waals surface area contributed by atoms with E-state index in [1.807, 2.05) is 0 Å². The molecular weight excluding hydrogens is 601 g/mol. The van der Waals surface area contributed by atoms with Gasteiger partial charge in [0.2, 0.25) is 0 Å². The molecule has 7 aromatic carbocycles. The smallest absolute Gasteiger partial charge is 0.0120 e. The highest BCUT2D eigenvalue weighted by atomic mass is 14.3. The van der Waals surface area contributed by atoms with Crippen molar-refractivity contribution in [3.63, 3.8) is 0 Å². The van der Waals surface area contributed by atoms with Crippen molar-refractivity contribution in [2.45, 2.75) is 105 Å². The highest BCUT2D eigenvalue weighted by molar-refractivity contribution is 6.09. The van der Waals surface area contributed by atoms with Crippen LogP contribution in [0.5, 0.6) is 0 Å². The lowest BCUT2D eigenvalue weighted by Crippen LogP contribution is -2.17. The molecule has 0 saturated carbocycles. The molecule has 0 heterocycles. The maximum Gasteiger partial charge on any atom is -0.0120 e. The minimum Gasteiger partial charge on any atom is -0.0579 e. The van der Waals surface area contributed by atoms with Crippen molar-refractivity contribution >= 4 is 43.1 Å². The maximum atomic E-state index is 2.47. The first-order valence-electron chi connectivity index (χ1n) is 18.4. The molecule has 0 N–H and O–H groups in total. The third-order valence-corrected chi connectivity index (χ3v) is 10.7. The van der Waals surface area contributed by atoms with Gasteiger partial charge in [-0.3, -0.25) is 0 Å². The summed E-state index contributed by atoms with van der Waals surface area (Å²) < 4.78 is 0. The Labute approximate surface area is 300 Å². The van der Waals surface area contributed by atoms with Crippen LogP contribution in [0.25, 0.3) is 65.3 Å². The van der Waals surface area contributed by atoms with Crippen LogP contribution >= 0.6 is 0 Å². The second-order valence-electron chi connectivity index (χ2n) is 18.8. The SMILES string of the molecule is CC(C)(C)c1ccc2cc(-c3ccc4c(C(C)(C)C)c5cc(-c6ccc7cc(C(C)(C)C)ccc7c6)ccc5c(C(C)(C)C)c4c3)ccc2c1. The van der Waals surface area contributed by atoms with Gasteiger partial charge < -0.3 is 0 Å². The number of fused-ring (bicyclic) bond motifs is 4. The molecule has 50 heavy (non-hydrogen) atoms. The van der Waals surface area contributed by atoms with E-state index in [9.17, 15) is 0 Å². The predicted molar refractivity (Wildman–Crippen MR) is 222 cm³/mol. The largest absolute Gasteiger partial charge is 0.0579 e. The van der Waals surface area contributed by atoms with E-state index in [0.29, 0.717) is 0 Å². The molecule has 0 aliphatic rings. The Bertz CT molecular complexity index is 2270. The molecule has 0 fully saturated rings. The molecule has 0 heteroatoms. The average molecular weight is 655 g/mol. The summed E-state index contributed by atoms with van der Waals surface area (Å²) in [5.74, 6) is 0. The number of benzene rings is 7. The molecule has 0 spiro atoms. The Kier molecular flexibility index (Phi) is 7.87. The maximum absolute atomic E-state index is 2.47. The van der Waals surface area contributed by atoms with Crippen molar-refractivity contribution in [3.8, 4) is 22.3 Å². The molecule has 0 aliphatic heterocycles. The molecule has 0 aromatic heterocycles. The van der Waals surface area contributed by atoms with Gasteiger partial charge in [0.05, 0.1) is 0 Å². The Hall–Kier alpha value is -4.42. The van der Waals surface area contributed by atoms with Crippen LogP contribution in [0.2, 0.25) is 0 Å². The standard InChI is InChI=1S/C50H54/c1-47(2,3)39-21-17-33-25-31(13-15-35(33)27-39)37-19-23-41-43(29-37)45(49(7,8)9)42-24-20-38(30-44(42)46(41)50(10,11)12)32-14-16-36-28-40(48(4,5)6)22-18-34(36)26-32/h13-30H,1-12H3. The topological polar surface area (TPSA) is 0 Å². The van der Waals surface area contributed by atoms with Crippen LogP contribution in [0, 0.1) is 0 Å². The van der Waals surface area contributed by atoms with Gasteiger partial charge in [-0.2, -0.15) is 0 Å². The molecule has 7 rings (SSSR count). The molecule has 0 atom stereocenters. The molecule has 0 unspecified atom stereocenters. The summed E-state index contributed by atoms with van der Waals surface area (Å²) in [5.41, 5.74) is 10.8. The zero-order valence-corrected chi connectivity index (χ0v) is 32.4. The van der Waals surface area contributed by atoms with Crippen LogP contribution in [-0.2, 0) is 21.7 Å². The van der Waals surface area contributed by atoms with Crippen LogP contribution < -0.4 is 0 Å². The van der Waals surface area contributed by atoms with Crippen molar-refractivity contribution in [3.05, 3.63) is 131 Å². The molecule has 0 saturated heterocycles. The summed E-state index contributed by atoms with van der Waals surface area (Å²) >= 11 is 0. The minimum atomic E-state index is -0.0481. The van der Waals surface area contributed by atoms with Gasteiger partial charge >= 0.3 is 0 Å². The molecule has 0 nitrogen and oxygen atoms in total. The van der Waals surface area contributed by atoms with Crippen LogP contribution in [0.1, 0.15) is 105 Å². The van der Waals surface area contributed by atoms with E-state index < -0.39 is 0 Å². The summed E-state index contributed by atoms with van der Waals surface area (Å²) in [5, 5.41) is 10.6. The second kappa shape index (κ2) is 11.6. The molecule has 0 radical (unpaired) electrons. The second-order valence-corrected chi connectivity index (χ2v) is 18.8. The predicted octanol–water partition coefficient (Wildman–Crippen LogP) is 14.8. The van der Waals surface area contributed by atoms with Crippen molar-refractivity contribution < 1.29 is 0 Å². The van der Waals surface area contributed by atoms with Gasteiger partial charge in [-0.15, -0.1) is 0 Å². The van der Waals surface area contributed by atoms with E-state index in [-0.39, 0.29) is 21.7 Å². The van der Waals surface area contributed by atoms with Crippen LogP contribution in [-0.4, -0.2) is 0 Å². The van der Waals surface area contributed by atoms with Crippen molar-refractivity contribution in [1.82, 2.24) is 0 Å². The minimum absolute atomic E-state index is 0.0481. The third kappa shape index (κ3) is 6.12. The van der Waals surface area contributed by atoms with Crippen molar-refractivity contribution in [2.24, 2.45) is 0 Å². The van der Waals surface area contributed by atoms with Gasteiger partial charge in [-0.05, 0) is 134 Å². The first-order valence-corrected chi connectivity index (χ1v) is 18.4. The van der Waals surface area contributed by atoms with E-state index >= 15 is 0 Å². The molecule has 254 valence electrons. The third-order valence-electron chi connectivity index (χ3n) is 10.7. The fraction of sp³-hybridized carbons (Fsp3) is 0.320. The van der Waals surface area contributed by atoms with Gasteiger partial charge in [-0.25, -0.2) is 0 Å². The monoisotopic (exact) mass is 654 g/mol. The van der Waals surface area contributed by atoms with E-state index in [2.05, 4.69) is 192 Å². The molecule has 0 aliphatic carbocycles. The van der Waals surface area contributed by atoms with E-state index in [1.54, 1.807) is 0 Å². The van der Waals surface area contributed by atoms with Crippen molar-refractivity contribution in [1.29, 1.82) is 0 Å². The Morgan fingerprint density at radius 2 is 0.560 bits per heavy atom. The molecule has 0 bridgehead atoms. The molecular formula is C50H54. The Morgan fingerprint density at radius 3 is 0.900 bits per heavy atom. The van der Waals surface area contributed by atoms with Crippen LogP contribution in [0.4, 0.5) is 0 Å². The summed E-state index contributed by atoms with van der Waals surface area (Å²) in [6.07, 6.45) is 0. The zero-order valence-electron chi connectivity index (χ0n) is 32.4. The fourth-order valence-electron chi connectivity index (χ4n) is 7.99. The van der Waals surface area contributed by atoms with E-state index in [1.165, 1.54) is 87.6 Å². The summed E-state index contributed by atoms with van der Waals surface area (Å²) in [6.45, 7) is 27.9. The molecule has 0 amide bonds. The van der Waals surface area contributed by atoms with Crippen LogP contribution in [0.3, 0.4) is 0 Å². The van der Waals surface area contributed by atoms with Gasteiger partial charge in [0.25, 0.3) is 0 Å². The number of hydrogen-bond donors (Lipinski definition) is 0. The highest BCUT2D eigenvalue weighted by Gasteiger charge is 2.28. The van der Waals surface area contributed by atoms with E-state index in [4.69, 9.17) is 0 Å². The number of hydrogen-bond acceptors (Lipinski definition) is 0. The highest BCUT2D eigenvalue weighted by Crippen LogP contribution is 2.46. The Balaban J connectivity index is 1.43. The van der Waals surface area contributed by atoms with Crippen LogP contribution in [0.15, 0.2) is 109 Å². The zero-order chi connectivity index (χ0) is 36.0. The summed E-state index contributed by atoms with van der Waals surface area (Å²) in [6, 6.07) is 42.3. The lowest BCUT2D eigenvalue weighted by atomic mass is 9.73. The first-order chi connectivity index (χ1) is 23.3. The normalized spacial score (nSPS) is 13.2. The number of rotatable bonds is 2. The first kappa shape index (κ1) is 34.0. The lowest BCUT2D eigenvalue weighted by molar-refractivity contribution is 0.591. The lowest BCUT2D eigenvalue weighted by Gasteiger charge is -2.31. The van der Waals surface area contributed by atoms with Gasteiger partial charge in [0, 0.05) is 0 Å². The summed E-state index contributed by atoms with van der Waals surface area (Å²) in [7, 11) is 0. The van der Waals surface area contributed by atoms with E-state index in [0.717, 1.165) is 0 Å². The van der Waals surface area contributed by atoms with Gasteiger partial charge in [-0.1, -0.05) is 168 Å². The van der Waals surface area contributed by atoms with Gasteiger partial charge in [0.1, 0.15) is 0 Å². The fourth-order valence-corrected chi connectivity index (χ4v) is 7.99. The summed E-state index contributed by atoms with van der Waals surface area (Å²) in [4.78, 5) is 0.